The summed E-state index contributed by atoms with van der Waals surface area (Å²) in [6, 6.07) is 100.0. The Labute approximate surface area is 435 Å². The fourth-order valence-corrected chi connectivity index (χ4v) is 13.5. The highest BCUT2D eigenvalue weighted by atomic mass is 16.5. The zero-order valence-electron chi connectivity index (χ0n) is 40.7. The van der Waals surface area contributed by atoms with Gasteiger partial charge in [0, 0.05) is 39.3 Å². The molecule has 16 rings (SSSR count). The maximum atomic E-state index is 6.76. The topological polar surface area (TPSA) is 21.7 Å². The molecular formula is C72H45NO2. The number of hydrogen-bond acceptors (Lipinski definition) is 3. The minimum Gasteiger partial charge on any atom is -0.457 e. The summed E-state index contributed by atoms with van der Waals surface area (Å²) < 4.78 is 13.5. The Kier molecular flexibility index (Phi) is 8.88. The summed E-state index contributed by atoms with van der Waals surface area (Å²) in [6.07, 6.45) is 0. The largest absolute Gasteiger partial charge is 0.457 e. The molecule has 0 N–H and O–H groups in total. The quantitative estimate of drug-likeness (QED) is 0.172. The molecule has 0 atom stereocenters. The predicted octanol–water partition coefficient (Wildman–Crippen LogP) is 18.6. The summed E-state index contributed by atoms with van der Waals surface area (Å²) in [4.78, 5) is 2.47. The van der Waals surface area contributed by atoms with E-state index >= 15 is 0 Å². The molecule has 3 nitrogen and oxygen atoms in total. The van der Waals surface area contributed by atoms with E-state index in [4.69, 9.17) is 9.47 Å². The predicted molar refractivity (Wildman–Crippen MR) is 304 cm³/mol. The second-order valence-corrected chi connectivity index (χ2v) is 20.2. The smallest absolute Gasteiger partial charge is 0.132 e. The van der Waals surface area contributed by atoms with Gasteiger partial charge in [0.15, 0.2) is 0 Å². The van der Waals surface area contributed by atoms with Crippen LogP contribution in [0, 0.1) is 0 Å². The number of ether oxygens (including phenoxy) is 2. The molecule has 0 saturated carbocycles. The zero-order chi connectivity index (χ0) is 49.2. The summed E-state index contributed by atoms with van der Waals surface area (Å²) >= 11 is 0. The Hall–Kier alpha value is -9.70. The standard InChI is InChI=1S/C72H45NO2/c1-2-16-46(17-3-1)47-30-32-48(33-31-47)49-34-37-51(38-35-49)73(53-39-41-56-55-20-6-7-21-58(55)72(65(56)45-53)62-24-10-14-28-68(62)75-69-29-15-11-25-63(69)72)52-40-43-59-57(44-52)70-54-19-5-4-18-50(54)36-42-64(70)71(59)60-22-8-12-26-66(60)74-67-27-13-9-23-61(67)71/h1-45H. The lowest BCUT2D eigenvalue weighted by molar-refractivity contribution is 0.436. The SMILES string of the molecule is c1ccc(-c2ccc(-c3ccc(N(c4ccc5c(c4)-c4c(ccc6ccccc46)C54c5ccccc5Oc5ccccc54)c4ccc5c(c4)C4(c6ccccc6Oc6ccccc64)c4ccccc4-5)cc3)cc2)cc1. The van der Waals surface area contributed by atoms with E-state index in [1.807, 2.05) is 0 Å². The van der Waals surface area contributed by atoms with Gasteiger partial charge in [0.2, 0.25) is 0 Å². The summed E-state index contributed by atoms with van der Waals surface area (Å²) in [5.41, 5.74) is 21.2. The minimum atomic E-state index is -0.624. The molecule has 0 aromatic heterocycles. The van der Waals surface area contributed by atoms with E-state index in [0.717, 1.165) is 67.9 Å². The van der Waals surface area contributed by atoms with Crippen molar-refractivity contribution in [2.75, 3.05) is 4.90 Å². The molecule has 2 aliphatic carbocycles. The van der Waals surface area contributed by atoms with E-state index in [1.54, 1.807) is 0 Å². The molecule has 0 saturated heterocycles. The molecular weight excluding hydrogens is 911 g/mol. The first-order valence-corrected chi connectivity index (χ1v) is 25.9. The minimum absolute atomic E-state index is 0.614. The number of rotatable bonds is 5. The van der Waals surface area contributed by atoms with Gasteiger partial charge in [-0.15, -0.1) is 0 Å². The highest BCUT2D eigenvalue weighted by molar-refractivity contribution is 6.05. The van der Waals surface area contributed by atoms with Crippen LogP contribution in [0.2, 0.25) is 0 Å². The van der Waals surface area contributed by atoms with Crippen LogP contribution in [0.3, 0.4) is 0 Å². The average molecular weight is 956 g/mol. The Morgan fingerprint density at radius 3 is 1.28 bits per heavy atom. The van der Waals surface area contributed by atoms with Gasteiger partial charge in [-0.05, 0) is 138 Å². The zero-order valence-corrected chi connectivity index (χ0v) is 40.7. The van der Waals surface area contributed by atoms with Crippen LogP contribution in [-0.2, 0) is 10.8 Å². The lowest BCUT2D eigenvalue weighted by Crippen LogP contribution is -2.32. The van der Waals surface area contributed by atoms with Gasteiger partial charge < -0.3 is 14.4 Å². The molecule has 3 heteroatoms. The van der Waals surface area contributed by atoms with Crippen molar-refractivity contribution in [1.29, 1.82) is 0 Å². The Morgan fingerprint density at radius 1 is 0.253 bits per heavy atom. The van der Waals surface area contributed by atoms with Crippen LogP contribution in [0.15, 0.2) is 273 Å². The van der Waals surface area contributed by atoms with Gasteiger partial charge >= 0.3 is 0 Å². The van der Waals surface area contributed by atoms with Crippen LogP contribution in [0.25, 0.3) is 55.3 Å². The third kappa shape index (κ3) is 5.81. The van der Waals surface area contributed by atoms with Crippen LogP contribution in [0.5, 0.6) is 23.0 Å². The maximum absolute atomic E-state index is 6.76. The van der Waals surface area contributed by atoms with Crippen molar-refractivity contribution in [2.45, 2.75) is 10.8 Å². The number of para-hydroxylation sites is 4. The van der Waals surface area contributed by atoms with Crippen molar-refractivity contribution < 1.29 is 9.47 Å². The Bertz CT molecular complexity index is 4220. The third-order valence-electron chi connectivity index (χ3n) is 16.6. The summed E-state index contributed by atoms with van der Waals surface area (Å²) in [6.45, 7) is 0. The molecule has 75 heavy (non-hydrogen) atoms. The van der Waals surface area contributed by atoms with Gasteiger partial charge in [-0.25, -0.2) is 0 Å². The highest BCUT2D eigenvalue weighted by Gasteiger charge is 2.53. The summed E-state index contributed by atoms with van der Waals surface area (Å²) in [7, 11) is 0. The van der Waals surface area contributed by atoms with Crippen LogP contribution >= 0.6 is 0 Å². The molecule has 0 amide bonds. The molecule has 2 heterocycles. The molecule has 0 bridgehead atoms. The van der Waals surface area contributed by atoms with E-state index in [0.29, 0.717) is 0 Å². The number of benzene rings is 12. The molecule has 4 aliphatic rings. The molecule has 0 unspecified atom stereocenters. The average Bonchev–Trinajstić information content (AvgIpc) is 3.94. The molecule has 0 radical (unpaired) electrons. The molecule has 2 spiro atoms. The van der Waals surface area contributed by atoms with Crippen molar-refractivity contribution in [3.05, 3.63) is 317 Å². The van der Waals surface area contributed by atoms with Crippen molar-refractivity contribution in [3.8, 4) is 67.5 Å². The fraction of sp³-hybridized carbons (Fsp3) is 0.0278. The Morgan fingerprint density at radius 2 is 0.667 bits per heavy atom. The van der Waals surface area contributed by atoms with E-state index in [-0.39, 0.29) is 0 Å². The van der Waals surface area contributed by atoms with Gasteiger partial charge in [0.05, 0.1) is 10.8 Å². The fourth-order valence-electron chi connectivity index (χ4n) is 13.5. The van der Waals surface area contributed by atoms with Gasteiger partial charge in [-0.1, -0.05) is 212 Å². The number of fused-ring (bicyclic) bond motifs is 20. The first-order valence-electron chi connectivity index (χ1n) is 25.9. The van der Waals surface area contributed by atoms with Crippen molar-refractivity contribution in [2.24, 2.45) is 0 Å². The van der Waals surface area contributed by atoms with Gasteiger partial charge in [-0.2, -0.15) is 0 Å². The van der Waals surface area contributed by atoms with Crippen molar-refractivity contribution in [3.63, 3.8) is 0 Å². The molecule has 350 valence electrons. The van der Waals surface area contributed by atoms with Crippen molar-refractivity contribution >= 4 is 27.8 Å². The first-order chi connectivity index (χ1) is 37.2. The summed E-state index contributed by atoms with van der Waals surface area (Å²) in [5, 5.41) is 2.44. The van der Waals surface area contributed by atoms with Crippen LogP contribution in [0.1, 0.15) is 44.5 Å². The number of nitrogens with zero attached hydrogens (tertiary/aromatic N) is 1. The molecule has 12 aromatic rings. The molecule has 12 aromatic carbocycles. The van der Waals surface area contributed by atoms with Crippen LogP contribution < -0.4 is 14.4 Å². The lowest BCUT2D eigenvalue weighted by atomic mass is 9.66. The van der Waals surface area contributed by atoms with Gasteiger partial charge in [0.1, 0.15) is 23.0 Å². The normalized spacial score (nSPS) is 14.0. The van der Waals surface area contributed by atoms with Crippen LogP contribution in [-0.4, -0.2) is 0 Å². The second kappa shape index (κ2) is 15.9. The van der Waals surface area contributed by atoms with Gasteiger partial charge in [0.25, 0.3) is 0 Å². The molecule has 0 fully saturated rings. The van der Waals surface area contributed by atoms with Crippen LogP contribution in [0.4, 0.5) is 17.1 Å². The lowest BCUT2D eigenvalue weighted by Gasteiger charge is -2.40. The Balaban J connectivity index is 0.940. The first kappa shape index (κ1) is 41.9. The number of hydrogen-bond donors (Lipinski definition) is 0. The number of anilines is 3. The second-order valence-electron chi connectivity index (χ2n) is 20.2. The maximum Gasteiger partial charge on any atom is 0.132 e. The van der Waals surface area contributed by atoms with E-state index in [9.17, 15) is 0 Å². The highest BCUT2D eigenvalue weighted by Crippen LogP contribution is 2.65. The summed E-state index contributed by atoms with van der Waals surface area (Å²) in [5.74, 6) is 3.52. The van der Waals surface area contributed by atoms with E-state index in [2.05, 4.69) is 278 Å². The third-order valence-corrected chi connectivity index (χ3v) is 16.6. The van der Waals surface area contributed by atoms with E-state index < -0.39 is 10.8 Å². The monoisotopic (exact) mass is 955 g/mol. The van der Waals surface area contributed by atoms with Gasteiger partial charge in [-0.3, -0.25) is 0 Å². The molecule has 2 aliphatic heterocycles. The van der Waals surface area contributed by atoms with Crippen molar-refractivity contribution in [1.82, 2.24) is 0 Å². The van der Waals surface area contributed by atoms with E-state index in [1.165, 1.54) is 72.0 Å².